The largest absolute Gasteiger partial charge is 0.352 e. The van der Waals surface area contributed by atoms with Crippen LogP contribution < -0.4 is 10.6 Å². The molecule has 2 aromatic rings. The zero-order valence-corrected chi connectivity index (χ0v) is 17.6. The number of piperidine rings is 1. The minimum atomic E-state index is -0.246. The van der Waals surface area contributed by atoms with Crippen LogP contribution in [0.4, 0.5) is 5.69 Å². The van der Waals surface area contributed by atoms with E-state index in [9.17, 15) is 14.4 Å². The van der Waals surface area contributed by atoms with Gasteiger partial charge in [0.1, 0.15) is 0 Å². The summed E-state index contributed by atoms with van der Waals surface area (Å²) in [4.78, 5) is 39.4. The Balaban J connectivity index is 1.57. The summed E-state index contributed by atoms with van der Waals surface area (Å²) in [6.45, 7) is 6.01. The SMILES string of the molecule is CC1CC(C)CN(C(=O)c2ccccc2NC(=O)CCNC(=O)c2ccccc2)C1. The summed E-state index contributed by atoms with van der Waals surface area (Å²) in [5, 5.41) is 5.57. The first kappa shape index (κ1) is 21.6. The molecule has 158 valence electrons. The highest BCUT2D eigenvalue weighted by atomic mass is 16.2. The number of para-hydroxylation sites is 1. The maximum Gasteiger partial charge on any atom is 0.255 e. The van der Waals surface area contributed by atoms with Gasteiger partial charge in [-0.15, -0.1) is 0 Å². The molecular formula is C24H29N3O3. The average molecular weight is 408 g/mol. The highest BCUT2D eigenvalue weighted by molar-refractivity contribution is 6.04. The van der Waals surface area contributed by atoms with Crippen molar-refractivity contribution in [2.24, 2.45) is 11.8 Å². The van der Waals surface area contributed by atoms with E-state index in [4.69, 9.17) is 0 Å². The van der Waals surface area contributed by atoms with Crippen molar-refractivity contribution in [1.29, 1.82) is 0 Å². The fourth-order valence-corrected chi connectivity index (χ4v) is 3.97. The molecule has 1 aliphatic rings. The lowest BCUT2D eigenvalue weighted by molar-refractivity contribution is -0.116. The van der Waals surface area contributed by atoms with Gasteiger partial charge in [-0.2, -0.15) is 0 Å². The number of hydrogen-bond donors (Lipinski definition) is 2. The van der Waals surface area contributed by atoms with Gasteiger partial charge in [-0.1, -0.05) is 44.2 Å². The third-order valence-corrected chi connectivity index (χ3v) is 5.26. The molecule has 1 saturated heterocycles. The first-order valence-electron chi connectivity index (χ1n) is 10.5. The maximum atomic E-state index is 13.1. The van der Waals surface area contributed by atoms with Crippen molar-refractivity contribution in [2.75, 3.05) is 25.0 Å². The van der Waals surface area contributed by atoms with Crippen LogP contribution in [-0.4, -0.2) is 42.3 Å². The van der Waals surface area contributed by atoms with Gasteiger partial charge in [0, 0.05) is 31.6 Å². The molecular weight excluding hydrogens is 378 g/mol. The number of nitrogens with zero attached hydrogens (tertiary/aromatic N) is 1. The Morgan fingerprint density at radius 1 is 0.933 bits per heavy atom. The summed E-state index contributed by atoms with van der Waals surface area (Å²) in [6.07, 6.45) is 1.25. The molecule has 0 radical (unpaired) electrons. The molecule has 3 amide bonds. The third kappa shape index (κ3) is 5.69. The van der Waals surface area contributed by atoms with Gasteiger partial charge < -0.3 is 15.5 Å². The van der Waals surface area contributed by atoms with Crippen molar-refractivity contribution >= 4 is 23.4 Å². The quantitative estimate of drug-likeness (QED) is 0.768. The fraction of sp³-hybridized carbons (Fsp3) is 0.375. The number of anilines is 1. The van der Waals surface area contributed by atoms with E-state index >= 15 is 0 Å². The molecule has 1 heterocycles. The zero-order chi connectivity index (χ0) is 21.5. The second kappa shape index (κ2) is 10.1. The smallest absolute Gasteiger partial charge is 0.255 e. The first-order valence-corrected chi connectivity index (χ1v) is 10.5. The van der Waals surface area contributed by atoms with Crippen molar-refractivity contribution in [1.82, 2.24) is 10.2 Å². The summed E-state index contributed by atoms with van der Waals surface area (Å²) in [5.41, 5.74) is 1.56. The van der Waals surface area contributed by atoms with Gasteiger partial charge in [-0.3, -0.25) is 14.4 Å². The second-order valence-electron chi connectivity index (χ2n) is 8.12. The van der Waals surface area contributed by atoms with Crippen LogP contribution in [0.15, 0.2) is 54.6 Å². The topological polar surface area (TPSA) is 78.5 Å². The van der Waals surface area contributed by atoms with Crippen LogP contribution in [0, 0.1) is 11.8 Å². The lowest BCUT2D eigenvalue weighted by atomic mass is 9.91. The molecule has 0 aliphatic carbocycles. The number of likely N-dealkylation sites (tertiary alicyclic amines) is 1. The van der Waals surface area contributed by atoms with Crippen LogP contribution in [0.3, 0.4) is 0 Å². The van der Waals surface area contributed by atoms with Crippen LogP contribution in [0.25, 0.3) is 0 Å². The zero-order valence-electron chi connectivity index (χ0n) is 17.6. The molecule has 0 spiro atoms. The third-order valence-electron chi connectivity index (χ3n) is 5.26. The van der Waals surface area contributed by atoms with Crippen molar-refractivity contribution in [3.63, 3.8) is 0 Å². The summed E-state index contributed by atoms with van der Waals surface area (Å²) < 4.78 is 0. The van der Waals surface area contributed by atoms with Crippen LogP contribution in [-0.2, 0) is 4.79 Å². The van der Waals surface area contributed by atoms with Crippen molar-refractivity contribution in [2.45, 2.75) is 26.7 Å². The van der Waals surface area contributed by atoms with Gasteiger partial charge in [0.15, 0.2) is 0 Å². The van der Waals surface area contributed by atoms with E-state index in [-0.39, 0.29) is 30.7 Å². The van der Waals surface area contributed by atoms with Crippen molar-refractivity contribution < 1.29 is 14.4 Å². The lowest BCUT2D eigenvalue weighted by Gasteiger charge is -2.35. The molecule has 6 nitrogen and oxygen atoms in total. The Morgan fingerprint density at radius 3 is 2.27 bits per heavy atom. The monoisotopic (exact) mass is 407 g/mol. The molecule has 0 bridgehead atoms. The molecule has 30 heavy (non-hydrogen) atoms. The van der Waals surface area contributed by atoms with E-state index in [0.717, 1.165) is 19.5 Å². The number of nitrogens with one attached hydrogen (secondary N) is 2. The minimum absolute atomic E-state index is 0.0540. The van der Waals surface area contributed by atoms with E-state index in [0.29, 0.717) is 28.7 Å². The molecule has 1 aliphatic heterocycles. The van der Waals surface area contributed by atoms with Gasteiger partial charge in [0.25, 0.3) is 11.8 Å². The van der Waals surface area contributed by atoms with Crippen molar-refractivity contribution in [3.8, 4) is 0 Å². The average Bonchev–Trinajstić information content (AvgIpc) is 2.73. The van der Waals surface area contributed by atoms with Crippen LogP contribution in [0.5, 0.6) is 0 Å². The van der Waals surface area contributed by atoms with Crippen molar-refractivity contribution in [3.05, 3.63) is 65.7 Å². The van der Waals surface area contributed by atoms with Gasteiger partial charge in [0.2, 0.25) is 5.91 Å². The molecule has 0 saturated carbocycles. The Hall–Kier alpha value is -3.15. The predicted octanol–water partition coefficient (Wildman–Crippen LogP) is 3.56. The Kier molecular flexibility index (Phi) is 7.22. The molecule has 2 unspecified atom stereocenters. The molecule has 2 N–H and O–H groups in total. The highest BCUT2D eigenvalue weighted by Crippen LogP contribution is 2.25. The number of benzene rings is 2. The second-order valence-corrected chi connectivity index (χ2v) is 8.12. The highest BCUT2D eigenvalue weighted by Gasteiger charge is 2.27. The summed E-state index contributed by atoms with van der Waals surface area (Å²) in [6, 6.07) is 16.0. The van der Waals surface area contributed by atoms with Gasteiger partial charge >= 0.3 is 0 Å². The summed E-state index contributed by atoms with van der Waals surface area (Å²) in [7, 11) is 0. The van der Waals surface area contributed by atoms with Gasteiger partial charge in [-0.25, -0.2) is 0 Å². The molecule has 0 aromatic heterocycles. The Bertz CT molecular complexity index is 888. The van der Waals surface area contributed by atoms with E-state index in [2.05, 4.69) is 24.5 Å². The fourth-order valence-electron chi connectivity index (χ4n) is 3.97. The summed E-state index contributed by atoms with van der Waals surface area (Å²) in [5.74, 6) is 0.415. The van der Waals surface area contributed by atoms with Crippen LogP contribution in [0.2, 0.25) is 0 Å². The molecule has 2 aromatic carbocycles. The molecule has 2 atom stereocenters. The number of rotatable bonds is 6. The molecule has 3 rings (SSSR count). The number of carbonyl (C=O) groups excluding carboxylic acids is 3. The Labute approximate surface area is 177 Å². The van der Waals surface area contributed by atoms with Gasteiger partial charge in [-0.05, 0) is 42.5 Å². The maximum absolute atomic E-state index is 13.1. The molecule has 6 heteroatoms. The summed E-state index contributed by atoms with van der Waals surface area (Å²) >= 11 is 0. The van der Waals surface area contributed by atoms with E-state index in [1.54, 1.807) is 48.5 Å². The minimum Gasteiger partial charge on any atom is -0.352 e. The van der Waals surface area contributed by atoms with E-state index in [1.807, 2.05) is 11.0 Å². The predicted molar refractivity (Wildman–Crippen MR) is 117 cm³/mol. The number of amides is 3. The first-order chi connectivity index (χ1) is 14.4. The number of carbonyl (C=O) groups is 3. The molecule has 1 fully saturated rings. The van der Waals surface area contributed by atoms with Gasteiger partial charge in [0.05, 0.1) is 11.3 Å². The number of hydrogen-bond acceptors (Lipinski definition) is 3. The normalized spacial score (nSPS) is 18.5. The van der Waals surface area contributed by atoms with Crippen LogP contribution >= 0.6 is 0 Å². The van der Waals surface area contributed by atoms with E-state index < -0.39 is 0 Å². The lowest BCUT2D eigenvalue weighted by Crippen LogP contribution is -2.42. The standard InChI is InChI=1S/C24H29N3O3/c1-17-14-18(2)16-27(15-17)24(30)20-10-6-7-11-21(20)26-22(28)12-13-25-23(29)19-8-4-3-5-9-19/h3-11,17-18H,12-16H2,1-2H3,(H,25,29)(H,26,28). The van der Waals surface area contributed by atoms with Crippen LogP contribution in [0.1, 0.15) is 47.4 Å². The Morgan fingerprint density at radius 2 is 1.57 bits per heavy atom. The van der Waals surface area contributed by atoms with E-state index in [1.165, 1.54) is 0 Å².